The SMILES string of the molecule is CCCCNC(=O)c1cc(Nc2ccc(OCC)cc2)nc2ccccc12. The van der Waals surface area contributed by atoms with E-state index in [0.29, 0.717) is 24.5 Å². The summed E-state index contributed by atoms with van der Waals surface area (Å²) in [4.78, 5) is 17.3. The lowest BCUT2D eigenvalue weighted by atomic mass is 10.1. The molecule has 0 aliphatic carbocycles. The van der Waals surface area contributed by atoms with Gasteiger partial charge < -0.3 is 15.4 Å². The number of unbranched alkanes of at least 4 members (excludes halogenated alkanes) is 1. The van der Waals surface area contributed by atoms with Crippen LogP contribution in [0.25, 0.3) is 10.9 Å². The predicted molar refractivity (Wildman–Crippen MR) is 110 cm³/mol. The maximum Gasteiger partial charge on any atom is 0.252 e. The second-order valence-corrected chi connectivity index (χ2v) is 6.26. The first-order chi connectivity index (χ1) is 13.2. The molecular weight excluding hydrogens is 338 g/mol. The Bertz CT molecular complexity index is 907. The minimum Gasteiger partial charge on any atom is -0.494 e. The van der Waals surface area contributed by atoms with Crippen molar-refractivity contribution in [3.05, 3.63) is 60.2 Å². The van der Waals surface area contributed by atoms with E-state index in [0.717, 1.165) is 35.2 Å². The highest BCUT2D eigenvalue weighted by Crippen LogP contribution is 2.24. The van der Waals surface area contributed by atoms with Gasteiger partial charge in [-0.25, -0.2) is 4.98 Å². The summed E-state index contributed by atoms with van der Waals surface area (Å²) in [5.41, 5.74) is 2.30. The molecule has 1 aromatic heterocycles. The lowest BCUT2D eigenvalue weighted by Gasteiger charge is -2.12. The average molecular weight is 363 g/mol. The number of ether oxygens (including phenoxy) is 1. The number of nitrogens with zero attached hydrogens (tertiary/aromatic N) is 1. The molecule has 0 aliphatic heterocycles. The smallest absolute Gasteiger partial charge is 0.252 e. The van der Waals surface area contributed by atoms with Crippen molar-refractivity contribution < 1.29 is 9.53 Å². The standard InChI is InChI=1S/C22H25N3O2/c1-3-5-14-23-22(26)19-15-21(25-20-9-7-6-8-18(19)20)24-16-10-12-17(13-11-16)27-4-2/h6-13,15H,3-5,14H2,1-2H3,(H,23,26)(H,24,25). The molecule has 1 heterocycles. The number of aromatic nitrogens is 1. The minimum absolute atomic E-state index is 0.0724. The van der Waals surface area contributed by atoms with Crippen LogP contribution in [0.15, 0.2) is 54.6 Å². The number of anilines is 2. The summed E-state index contributed by atoms with van der Waals surface area (Å²) in [5.74, 6) is 1.39. The van der Waals surface area contributed by atoms with Gasteiger partial charge >= 0.3 is 0 Å². The topological polar surface area (TPSA) is 63.2 Å². The second-order valence-electron chi connectivity index (χ2n) is 6.26. The number of carbonyl (C=O) groups excluding carboxylic acids is 1. The van der Waals surface area contributed by atoms with Gasteiger partial charge in [-0.15, -0.1) is 0 Å². The molecule has 140 valence electrons. The first-order valence-electron chi connectivity index (χ1n) is 9.39. The molecule has 5 heteroatoms. The summed E-state index contributed by atoms with van der Waals surface area (Å²) >= 11 is 0. The van der Waals surface area contributed by atoms with Crippen molar-refractivity contribution in [2.45, 2.75) is 26.7 Å². The zero-order chi connectivity index (χ0) is 19.1. The fourth-order valence-corrected chi connectivity index (χ4v) is 2.85. The molecule has 0 saturated heterocycles. The molecule has 2 N–H and O–H groups in total. The van der Waals surface area contributed by atoms with E-state index < -0.39 is 0 Å². The van der Waals surface area contributed by atoms with E-state index in [-0.39, 0.29) is 5.91 Å². The van der Waals surface area contributed by atoms with Crippen molar-refractivity contribution in [3.8, 4) is 5.75 Å². The first-order valence-corrected chi connectivity index (χ1v) is 9.39. The molecule has 0 bridgehead atoms. The number of hydrogen-bond donors (Lipinski definition) is 2. The number of hydrogen-bond acceptors (Lipinski definition) is 4. The van der Waals surface area contributed by atoms with Crippen LogP contribution in [0.4, 0.5) is 11.5 Å². The molecular formula is C22H25N3O2. The Morgan fingerprint density at radius 3 is 2.59 bits per heavy atom. The monoisotopic (exact) mass is 363 g/mol. The molecule has 3 aromatic rings. The van der Waals surface area contributed by atoms with E-state index in [4.69, 9.17) is 4.74 Å². The van der Waals surface area contributed by atoms with Gasteiger partial charge in [0.05, 0.1) is 17.7 Å². The van der Waals surface area contributed by atoms with Crippen molar-refractivity contribution in [2.75, 3.05) is 18.5 Å². The molecule has 0 spiro atoms. The van der Waals surface area contributed by atoms with Crippen molar-refractivity contribution in [1.82, 2.24) is 10.3 Å². The van der Waals surface area contributed by atoms with Gasteiger partial charge in [-0.2, -0.15) is 0 Å². The molecule has 2 aromatic carbocycles. The predicted octanol–water partition coefficient (Wildman–Crippen LogP) is 4.91. The fourth-order valence-electron chi connectivity index (χ4n) is 2.85. The normalized spacial score (nSPS) is 10.6. The Morgan fingerprint density at radius 2 is 1.85 bits per heavy atom. The van der Waals surface area contributed by atoms with Gasteiger partial charge in [0.1, 0.15) is 11.6 Å². The van der Waals surface area contributed by atoms with Crippen LogP contribution in [0.5, 0.6) is 5.75 Å². The third-order valence-corrected chi connectivity index (χ3v) is 4.21. The van der Waals surface area contributed by atoms with Crippen LogP contribution in [0.3, 0.4) is 0 Å². The molecule has 3 rings (SSSR count). The highest BCUT2D eigenvalue weighted by atomic mass is 16.5. The van der Waals surface area contributed by atoms with E-state index in [1.807, 2.05) is 55.5 Å². The molecule has 1 amide bonds. The first kappa shape index (κ1) is 18.7. The van der Waals surface area contributed by atoms with Gasteiger partial charge in [0, 0.05) is 17.6 Å². The van der Waals surface area contributed by atoms with Crippen LogP contribution in [0, 0.1) is 0 Å². The highest BCUT2D eigenvalue weighted by molar-refractivity contribution is 6.07. The number of benzene rings is 2. The van der Waals surface area contributed by atoms with Crippen LogP contribution < -0.4 is 15.4 Å². The van der Waals surface area contributed by atoms with E-state index in [2.05, 4.69) is 22.5 Å². The van der Waals surface area contributed by atoms with Gasteiger partial charge in [-0.3, -0.25) is 4.79 Å². The molecule has 0 unspecified atom stereocenters. The van der Waals surface area contributed by atoms with Gasteiger partial charge in [0.2, 0.25) is 0 Å². The van der Waals surface area contributed by atoms with Gasteiger partial charge in [-0.1, -0.05) is 31.5 Å². The summed E-state index contributed by atoms with van der Waals surface area (Å²) in [6, 6.07) is 17.2. The average Bonchev–Trinajstić information content (AvgIpc) is 2.69. The Hall–Kier alpha value is -3.08. The minimum atomic E-state index is -0.0724. The van der Waals surface area contributed by atoms with E-state index in [1.165, 1.54) is 0 Å². The van der Waals surface area contributed by atoms with Gasteiger partial charge in [0.25, 0.3) is 5.91 Å². The van der Waals surface area contributed by atoms with Crippen molar-refractivity contribution in [2.24, 2.45) is 0 Å². The van der Waals surface area contributed by atoms with Crippen LogP contribution in [-0.2, 0) is 0 Å². The lowest BCUT2D eigenvalue weighted by Crippen LogP contribution is -2.24. The number of rotatable bonds is 8. The zero-order valence-electron chi connectivity index (χ0n) is 15.8. The summed E-state index contributed by atoms with van der Waals surface area (Å²) in [6.45, 7) is 5.37. The highest BCUT2D eigenvalue weighted by Gasteiger charge is 2.12. The van der Waals surface area contributed by atoms with Crippen molar-refractivity contribution in [3.63, 3.8) is 0 Å². The number of para-hydroxylation sites is 1. The fraction of sp³-hybridized carbons (Fsp3) is 0.273. The maximum atomic E-state index is 12.7. The van der Waals surface area contributed by atoms with Crippen molar-refractivity contribution in [1.29, 1.82) is 0 Å². The lowest BCUT2D eigenvalue weighted by molar-refractivity contribution is 0.0955. The third kappa shape index (κ3) is 4.76. The Balaban J connectivity index is 1.88. The van der Waals surface area contributed by atoms with E-state index in [1.54, 1.807) is 6.07 Å². The maximum absolute atomic E-state index is 12.7. The molecule has 5 nitrogen and oxygen atoms in total. The number of amides is 1. The Morgan fingerprint density at radius 1 is 1.07 bits per heavy atom. The number of pyridine rings is 1. The summed E-state index contributed by atoms with van der Waals surface area (Å²) in [6.07, 6.45) is 2.01. The molecule has 27 heavy (non-hydrogen) atoms. The van der Waals surface area contributed by atoms with Gasteiger partial charge in [0.15, 0.2) is 0 Å². The second kappa shape index (κ2) is 9.03. The van der Waals surface area contributed by atoms with Crippen LogP contribution in [-0.4, -0.2) is 24.0 Å². The largest absolute Gasteiger partial charge is 0.494 e. The summed E-state index contributed by atoms with van der Waals surface area (Å²) < 4.78 is 5.47. The van der Waals surface area contributed by atoms with Gasteiger partial charge in [-0.05, 0) is 49.7 Å². The molecule has 0 radical (unpaired) electrons. The number of nitrogens with one attached hydrogen (secondary N) is 2. The third-order valence-electron chi connectivity index (χ3n) is 4.21. The molecule has 0 saturated carbocycles. The molecule has 0 atom stereocenters. The number of fused-ring (bicyclic) bond motifs is 1. The Labute approximate surface area is 159 Å². The quantitative estimate of drug-likeness (QED) is 0.558. The van der Waals surface area contributed by atoms with Crippen LogP contribution in [0.2, 0.25) is 0 Å². The Kier molecular flexibility index (Phi) is 6.26. The molecule has 0 fully saturated rings. The van der Waals surface area contributed by atoms with E-state index in [9.17, 15) is 4.79 Å². The van der Waals surface area contributed by atoms with E-state index >= 15 is 0 Å². The van der Waals surface area contributed by atoms with Crippen LogP contribution >= 0.6 is 0 Å². The molecule has 0 aliphatic rings. The summed E-state index contributed by atoms with van der Waals surface area (Å²) in [5, 5.41) is 7.13. The zero-order valence-corrected chi connectivity index (χ0v) is 15.8. The van der Waals surface area contributed by atoms with Crippen LogP contribution in [0.1, 0.15) is 37.0 Å². The number of carbonyl (C=O) groups is 1. The summed E-state index contributed by atoms with van der Waals surface area (Å²) in [7, 11) is 0. The van der Waals surface area contributed by atoms with Crippen molar-refractivity contribution >= 4 is 28.3 Å².